The summed E-state index contributed by atoms with van der Waals surface area (Å²) in [6.07, 6.45) is 3.58. The minimum atomic E-state index is -0.0519. The molecular formula is C16H17N5O. The minimum absolute atomic E-state index is 0.0519. The SMILES string of the molecule is COC1CCC(c2cccc3cccnc23)n2nc(N)nc21. The van der Waals surface area contributed by atoms with Crippen molar-refractivity contribution in [1.82, 2.24) is 19.7 Å². The molecule has 0 amide bonds. The van der Waals surface area contributed by atoms with Gasteiger partial charge in [0.1, 0.15) is 6.10 Å². The first-order valence-electron chi connectivity index (χ1n) is 7.36. The first-order chi connectivity index (χ1) is 10.8. The first kappa shape index (κ1) is 13.2. The van der Waals surface area contributed by atoms with Crippen LogP contribution in [-0.2, 0) is 4.74 Å². The normalized spacial score (nSPS) is 21.0. The number of rotatable bonds is 2. The van der Waals surface area contributed by atoms with Crippen molar-refractivity contribution in [2.45, 2.75) is 25.0 Å². The molecule has 4 rings (SSSR count). The summed E-state index contributed by atoms with van der Waals surface area (Å²) in [4.78, 5) is 8.89. The molecule has 1 aliphatic heterocycles. The number of pyridine rings is 1. The number of ether oxygens (including phenoxy) is 1. The lowest BCUT2D eigenvalue weighted by atomic mass is 9.94. The zero-order chi connectivity index (χ0) is 15.1. The van der Waals surface area contributed by atoms with E-state index in [1.165, 1.54) is 0 Å². The number of methoxy groups -OCH3 is 1. The van der Waals surface area contributed by atoms with Gasteiger partial charge < -0.3 is 10.5 Å². The highest BCUT2D eigenvalue weighted by atomic mass is 16.5. The quantitative estimate of drug-likeness (QED) is 0.785. The Kier molecular flexibility index (Phi) is 3.04. The first-order valence-corrected chi connectivity index (χ1v) is 7.36. The van der Waals surface area contributed by atoms with E-state index < -0.39 is 0 Å². The standard InChI is InChI=1S/C16H17N5O/c1-22-13-8-7-12(21-15(13)19-16(17)20-21)11-6-2-4-10-5-3-9-18-14(10)11/h2-6,9,12-13H,7-8H2,1H3,(H2,17,20). The van der Waals surface area contributed by atoms with Crippen LogP contribution in [0.4, 0.5) is 5.95 Å². The van der Waals surface area contributed by atoms with Crippen molar-refractivity contribution < 1.29 is 4.74 Å². The summed E-state index contributed by atoms with van der Waals surface area (Å²) in [6, 6.07) is 10.3. The zero-order valence-electron chi connectivity index (χ0n) is 12.3. The van der Waals surface area contributed by atoms with Crippen molar-refractivity contribution in [2.24, 2.45) is 0 Å². The zero-order valence-corrected chi connectivity index (χ0v) is 12.3. The summed E-state index contributed by atoms with van der Waals surface area (Å²) in [5.74, 6) is 1.08. The van der Waals surface area contributed by atoms with Gasteiger partial charge in [0.15, 0.2) is 5.82 Å². The van der Waals surface area contributed by atoms with Gasteiger partial charge in [0.05, 0.1) is 11.6 Å². The van der Waals surface area contributed by atoms with E-state index in [4.69, 9.17) is 10.5 Å². The van der Waals surface area contributed by atoms with Crippen molar-refractivity contribution in [3.8, 4) is 0 Å². The van der Waals surface area contributed by atoms with E-state index >= 15 is 0 Å². The maximum absolute atomic E-state index is 5.81. The monoisotopic (exact) mass is 295 g/mol. The molecule has 0 radical (unpaired) electrons. The fraction of sp³-hybridized carbons (Fsp3) is 0.312. The second-order valence-corrected chi connectivity index (χ2v) is 5.51. The molecule has 3 heterocycles. The summed E-state index contributed by atoms with van der Waals surface area (Å²) >= 11 is 0. The van der Waals surface area contributed by atoms with Gasteiger partial charge in [0.25, 0.3) is 0 Å². The van der Waals surface area contributed by atoms with Gasteiger partial charge in [0.2, 0.25) is 5.95 Å². The molecule has 6 nitrogen and oxygen atoms in total. The van der Waals surface area contributed by atoms with E-state index in [-0.39, 0.29) is 18.1 Å². The lowest BCUT2D eigenvalue weighted by Gasteiger charge is -2.28. The number of fused-ring (bicyclic) bond motifs is 2. The third-order valence-corrected chi connectivity index (χ3v) is 4.27. The molecule has 6 heteroatoms. The highest BCUT2D eigenvalue weighted by Crippen LogP contribution is 2.38. The molecule has 2 N–H and O–H groups in total. The maximum Gasteiger partial charge on any atom is 0.239 e. The van der Waals surface area contributed by atoms with Crippen molar-refractivity contribution in [3.63, 3.8) is 0 Å². The topological polar surface area (TPSA) is 78.8 Å². The van der Waals surface area contributed by atoms with Crippen LogP contribution in [-0.4, -0.2) is 26.9 Å². The van der Waals surface area contributed by atoms with Crippen LogP contribution < -0.4 is 5.73 Å². The summed E-state index contributed by atoms with van der Waals surface area (Å²) in [5.41, 5.74) is 7.97. The molecule has 1 aliphatic rings. The molecule has 2 aromatic heterocycles. The maximum atomic E-state index is 5.81. The van der Waals surface area contributed by atoms with Crippen molar-refractivity contribution in [3.05, 3.63) is 47.9 Å². The highest BCUT2D eigenvalue weighted by Gasteiger charge is 2.32. The summed E-state index contributed by atoms with van der Waals surface area (Å²) in [5, 5.41) is 5.52. The van der Waals surface area contributed by atoms with Crippen molar-refractivity contribution in [1.29, 1.82) is 0 Å². The van der Waals surface area contributed by atoms with Crippen LogP contribution >= 0.6 is 0 Å². The van der Waals surface area contributed by atoms with Crippen LogP contribution in [0, 0.1) is 0 Å². The van der Waals surface area contributed by atoms with E-state index in [1.807, 2.05) is 16.9 Å². The van der Waals surface area contributed by atoms with E-state index in [0.717, 1.165) is 35.1 Å². The Morgan fingerprint density at radius 2 is 2.09 bits per heavy atom. The Bertz CT molecular complexity index is 823. The predicted octanol–water partition coefficient (Wildman–Crippen LogP) is 2.48. The van der Waals surface area contributed by atoms with Gasteiger partial charge >= 0.3 is 0 Å². The lowest BCUT2D eigenvalue weighted by Crippen LogP contribution is -2.24. The van der Waals surface area contributed by atoms with Crippen LogP contribution in [0.15, 0.2) is 36.5 Å². The van der Waals surface area contributed by atoms with Gasteiger partial charge in [-0.25, -0.2) is 4.68 Å². The van der Waals surface area contributed by atoms with Crippen LogP contribution in [0.3, 0.4) is 0 Å². The highest BCUT2D eigenvalue weighted by molar-refractivity contribution is 5.82. The molecular weight excluding hydrogens is 278 g/mol. The van der Waals surface area contributed by atoms with Crippen LogP contribution in [0.1, 0.15) is 36.4 Å². The molecule has 2 unspecified atom stereocenters. The summed E-state index contributed by atoms with van der Waals surface area (Å²) in [7, 11) is 1.69. The summed E-state index contributed by atoms with van der Waals surface area (Å²) < 4.78 is 7.41. The Morgan fingerprint density at radius 3 is 2.95 bits per heavy atom. The molecule has 22 heavy (non-hydrogen) atoms. The molecule has 0 bridgehead atoms. The van der Waals surface area contributed by atoms with Gasteiger partial charge in [-0.15, -0.1) is 5.10 Å². The lowest BCUT2D eigenvalue weighted by molar-refractivity contribution is 0.0650. The number of nitrogen functional groups attached to an aromatic ring is 1. The third kappa shape index (κ3) is 1.95. The fourth-order valence-corrected chi connectivity index (χ4v) is 3.27. The van der Waals surface area contributed by atoms with Crippen LogP contribution in [0.25, 0.3) is 10.9 Å². The van der Waals surface area contributed by atoms with E-state index in [2.05, 4.69) is 39.3 Å². The fourth-order valence-electron chi connectivity index (χ4n) is 3.27. The van der Waals surface area contributed by atoms with Gasteiger partial charge in [-0.05, 0) is 18.9 Å². The molecule has 0 spiro atoms. The number of anilines is 1. The third-order valence-electron chi connectivity index (χ3n) is 4.27. The number of benzene rings is 1. The predicted molar refractivity (Wildman–Crippen MR) is 83.3 cm³/mol. The van der Waals surface area contributed by atoms with Gasteiger partial charge in [-0.1, -0.05) is 24.3 Å². The molecule has 0 aliphatic carbocycles. The second kappa shape index (κ2) is 5.06. The van der Waals surface area contributed by atoms with E-state index in [9.17, 15) is 0 Å². The number of aromatic nitrogens is 4. The number of nitrogens with zero attached hydrogens (tertiary/aromatic N) is 4. The smallest absolute Gasteiger partial charge is 0.239 e. The molecule has 0 fully saturated rings. The largest absolute Gasteiger partial charge is 0.373 e. The number of hydrogen-bond donors (Lipinski definition) is 1. The number of hydrogen-bond acceptors (Lipinski definition) is 5. The van der Waals surface area contributed by atoms with Crippen molar-refractivity contribution >= 4 is 16.9 Å². The van der Waals surface area contributed by atoms with E-state index in [0.29, 0.717) is 0 Å². The molecule has 2 atom stereocenters. The van der Waals surface area contributed by atoms with Crippen LogP contribution in [0.5, 0.6) is 0 Å². The van der Waals surface area contributed by atoms with Gasteiger partial charge in [-0.3, -0.25) is 4.98 Å². The Morgan fingerprint density at radius 1 is 1.23 bits per heavy atom. The van der Waals surface area contributed by atoms with E-state index in [1.54, 1.807) is 7.11 Å². The summed E-state index contributed by atoms with van der Waals surface area (Å²) in [6.45, 7) is 0. The van der Waals surface area contributed by atoms with Crippen LogP contribution in [0.2, 0.25) is 0 Å². The van der Waals surface area contributed by atoms with Gasteiger partial charge in [-0.2, -0.15) is 4.98 Å². The Hall–Kier alpha value is -2.47. The average Bonchev–Trinajstić information content (AvgIpc) is 2.95. The van der Waals surface area contributed by atoms with Crippen molar-refractivity contribution in [2.75, 3.05) is 12.8 Å². The van der Waals surface area contributed by atoms with Gasteiger partial charge in [0, 0.05) is 24.3 Å². The second-order valence-electron chi connectivity index (χ2n) is 5.51. The molecule has 3 aromatic rings. The number of nitrogens with two attached hydrogens (primary N) is 1. The molecule has 0 saturated heterocycles. The average molecular weight is 295 g/mol. The Balaban J connectivity index is 1.89. The number of para-hydroxylation sites is 1. The molecule has 1 aromatic carbocycles. The Labute approximate surface area is 127 Å². The minimum Gasteiger partial charge on any atom is -0.373 e. The molecule has 112 valence electrons. The molecule has 0 saturated carbocycles.